The predicted octanol–water partition coefficient (Wildman–Crippen LogP) is 3.16. The molecule has 3 atom stereocenters. The maximum Gasteiger partial charge on any atom is 0.226 e. The van der Waals surface area contributed by atoms with Crippen molar-refractivity contribution in [1.82, 2.24) is 15.5 Å². The standard InChI is InChI=1S/C25H39N3O2/c1-3-24(19-7-6-18-8-9-23(30-2)16-21(18)15-19)27-22-10-13-28(14-11-22)25(29)20-5-4-12-26-17-20/h8-9,16,19-20,22,24,26-27H,3-7,10-15,17H2,1-2H3. The molecule has 2 saturated heterocycles. The highest BCUT2D eigenvalue weighted by atomic mass is 16.5. The molecule has 4 rings (SSSR count). The van der Waals surface area contributed by atoms with Gasteiger partial charge in [0.2, 0.25) is 5.91 Å². The number of amides is 1. The minimum Gasteiger partial charge on any atom is -0.497 e. The Morgan fingerprint density at radius 2 is 2.07 bits per heavy atom. The molecular weight excluding hydrogens is 374 g/mol. The minimum absolute atomic E-state index is 0.200. The number of benzene rings is 1. The number of aryl methyl sites for hydroxylation is 1. The number of nitrogens with zero attached hydrogens (tertiary/aromatic N) is 1. The number of likely N-dealkylation sites (tertiary alicyclic amines) is 1. The van der Waals surface area contributed by atoms with Crippen LogP contribution in [0.2, 0.25) is 0 Å². The van der Waals surface area contributed by atoms with Crippen LogP contribution in [-0.2, 0) is 17.6 Å². The molecule has 1 aliphatic carbocycles. The molecule has 0 saturated carbocycles. The van der Waals surface area contributed by atoms with Gasteiger partial charge in [-0.3, -0.25) is 4.79 Å². The van der Waals surface area contributed by atoms with E-state index in [4.69, 9.17) is 4.74 Å². The third kappa shape index (κ3) is 5.00. The highest BCUT2D eigenvalue weighted by Crippen LogP contribution is 2.31. The van der Waals surface area contributed by atoms with E-state index >= 15 is 0 Å². The second-order valence-corrected chi connectivity index (χ2v) is 9.46. The summed E-state index contributed by atoms with van der Waals surface area (Å²) in [5, 5.41) is 7.37. The van der Waals surface area contributed by atoms with Gasteiger partial charge in [-0.15, -0.1) is 0 Å². The molecule has 2 aliphatic heterocycles. The topological polar surface area (TPSA) is 53.6 Å². The number of piperidine rings is 2. The molecule has 5 nitrogen and oxygen atoms in total. The van der Waals surface area contributed by atoms with Gasteiger partial charge >= 0.3 is 0 Å². The molecule has 2 N–H and O–H groups in total. The maximum atomic E-state index is 12.8. The molecule has 3 unspecified atom stereocenters. The average Bonchev–Trinajstić information content (AvgIpc) is 2.82. The molecule has 3 aliphatic rings. The first-order valence-corrected chi connectivity index (χ1v) is 12.1. The molecule has 0 bridgehead atoms. The first kappa shape index (κ1) is 21.6. The highest BCUT2D eigenvalue weighted by Gasteiger charge is 2.31. The van der Waals surface area contributed by atoms with Crippen LogP contribution < -0.4 is 15.4 Å². The van der Waals surface area contributed by atoms with Gasteiger partial charge in [0.15, 0.2) is 0 Å². The van der Waals surface area contributed by atoms with Gasteiger partial charge in [-0.25, -0.2) is 0 Å². The lowest BCUT2D eigenvalue weighted by atomic mass is 9.78. The first-order valence-electron chi connectivity index (χ1n) is 12.1. The molecule has 166 valence electrons. The van der Waals surface area contributed by atoms with E-state index in [1.54, 1.807) is 7.11 Å². The Balaban J connectivity index is 1.29. The number of carbonyl (C=O) groups excluding carboxylic acids is 1. The van der Waals surface area contributed by atoms with Gasteiger partial charge in [-0.05, 0) is 87.1 Å². The molecule has 1 aromatic rings. The zero-order valence-electron chi connectivity index (χ0n) is 18.8. The van der Waals surface area contributed by atoms with Gasteiger partial charge in [0, 0.05) is 31.7 Å². The van der Waals surface area contributed by atoms with E-state index in [0.29, 0.717) is 23.9 Å². The summed E-state index contributed by atoms with van der Waals surface area (Å²) in [6.45, 7) is 6.06. The smallest absolute Gasteiger partial charge is 0.226 e. The second kappa shape index (κ2) is 10.1. The number of methoxy groups -OCH3 is 1. The summed E-state index contributed by atoms with van der Waals surface area (Å²) in [5.74, 6) is 2.24. The van der Waals surface area contributed by atoms with Crippen molar-refractivity contribution >= 4 is 5.91 Å². The van der Waals surface area contributed by atoms with Crippen molar-refractivity contribution in [2.24, 2.45) is 11.8 Å². The van der Waals surface area contributed by atoms with Crippen molar-refractivity contribution in [3.8, 4) is 5.75 Å². The lowest BCUT2D eigenvalue weighted by Crippen LogP contribution is -2.52. The van der Waals surface area contributed by atoms with Gasteiger partial charge in [0.1, 0.15) is 5.75 Å². The molecular formula is C25H39N3O2. The zero-order valence-corrected chi connectivity index (χ0v) is 18.8. The Morgan fingerprint density at radius 3 is 2.77 bits per heavy atom. The maximum absolute atomic E-state index is 12.8. The quantitative estimate of drug-likeness (QED) is 0.752. The van der Waals surface area contributed by atoms with Crippen LogP contribution in [0.4, 0.5) is 0 Å². The zero-order chi connectivity index (χ0) is 20.9. The monoisotopic (exact) mass is 413 g/mol. The van der Waals surface area contributed by atoms with Gasteiger partial charge in [0.05, 0.1) is 13.0 Å². The number of hydrogen-bond acceptors (Lipinski definition) is 4. The molecule has 0 spiro atoms. The fourth-order valence-corrected chi connectivity index (χ4v) is 5.71. The van der Waals surface area contributed by atoms with Crippen LogP contribution in [0.3, 0.4) is 0 Å². The first-order chi connectivity index (χ1) is 14.7. The second-order valence-electron chi connectivity index (χ2n) is 9.46. The number of fused-ring (bicyclic) bond motifs is 1. The van der Waals surface area contributed by atoms with E-state index in [2.05, 4.69) is 40.7 Å². The summed E-state index contributed by atoms with van der Waals surface area (Å²) in [6, 6.07) is 7.66. The van der Waals surface area contributed by atoms with Crippen LogP contribution in [-0.4, -0.2) is 56.2 Å². The largest absolute Gasteiger partial charge is 0.497 e. The number of ether oxygens (including phenoxy) is 1. The van der Waals surface area contributed by atoms with Crippen LogP contribution in [0.25, 0.3) is 0 Å². The van der Waals surface area contributed by atoms with E-state index in [0.717, 1.165) is 70.5 Å². The molecule has 2 fully saturated rings. The lowest BCUT2D eigenvalue weighted by Gasteiger charge is -2.39. The Labute approximate surface area is 181 Å². The predicted molar refractivity (Wildman–Crippen MR) is 121 cm³/mol. The Kier molecular flexibility index (Phi) is 7.32. The average molecular weight is 414 g/mol. The van der Waals surface area contributed by atoms with Crippen molar-refractivity contribution in [3.63, 3.8) is 0 Å². The molecule has 0 radical (unpaired) electrons. The third-order valence-electron chi connectivity index (χ3n) is 7.59. The van der Waals surface area contributed by atoms with E-state index in [9.17, 15) is 4.79 Å². The van der Waals surface area contributed by atoms with Crippen LogP contribution in [0.15, 0.2) is 18.2 Å². The van der Waals surface area contributed by atoms with Crippen LogP contribution in [0.1, 0.15) is 56.6 Å². The molecule has 2 heterocycles. The Bertz CT molecular complexity index is 708. The van der Waals surface area contributed by atoms with Crippen LogP contribution in [0.5, 0.6) is 5.75 Å². The third-order valence-corrected chi connectivity index (χ3v) is 7.59. The van der Waals surface area contributed by atoms with Crippen molar-refractivity contribution in [1.29, 1.82) is 0 Å². The summed E-state index contributed by atoms with van der Waals surface area (Å²) in [7, 11) is 1.75. The normalized spacial score (nSPS) is 26.1. The molecule has 1 aromatic carbocycles. The van der Waals surface area contributed by atoms with Gasteiger partial charge < -0.3 is 20.3 Å². The fourth-order valence-electron chi connectivity index (χ4n) is 5.71. The summed E-state index contributed by atoms with van der Waals surface area (Å²) in [4.78, 5) is 14.9. The minimum atomic E-state index is 0.200. The van der Waals surface area contributed by atoms with Crippen molar-refractivity contribution in [3.05, 3.63) is 29.3 Å². The summed E-state index contributed by atoms with van der Waals surface area (Å²) >= 11 is 0. The van der Waals surface area contributed by atoms with Gasteiger partial charge in [0.25, 0.3) is 0 Å². The summed E-state index contributed by atoms with van der Waals surface area (Å²) < 4.78 is 5.45. The van der Waals surface area contributed by atoms with E-state index in [1.807, 2.05) is 0 Å². The SMILES string of the molecule is CCC(NC1CCN(C(=O)C2CCCNC2)CC1)C1CCc2ccc(OC)cc2C1. The Hall–Kier alpha value is -1.59. The van der Waals surface area contributed by atoms with Gasteiger partial charge in [-0.1, -0.05) is 13.0 Å². The number of nitrogens with one attached hydrogen (secondary N) is 2. The van der Waals surface area contributed by atoms with E-state index < -0.39 is 0 Å². The van der Waals surface area contributed by atoms with Gasteiger partial charge in [-0.2, -0.15) is 0 Å². The Morgan fingerprint density at radius 1 is 1.23 bits per heavy atom. The molecule has 30 heavy (non-hydrogen) atoms. The van der Waals surface area contributed by atoms with Crippen molar-refractivity contribution in [2.45, 2.75) is 70.4 Å². The number of rotatable bonds is 6. The van der Waals surface area contributed by atoms with Crippen molar-refractivity contribution < 1.29 is 9.53 Å². The molecule has 0 aromatic heterocycles. The summed E-state index contributed by atoms with van der Waals surface area (Å²) in [6.07, 6.45) is 9.08. The number of hydrogen-bond donors (Lipinski definition) is 2. The molecule has 1 amide bonds. The van der Waals surface area contributed by atoms with E-state index in [1.165, 1.54) is 24.0 Å². The lowest BCUT2D eigenvalue weighted by molar-refractivity contribution is -0.137. The van der Waals surface area contributed by atoms with Crippen molar-refractivity contribution in [2.75, 3.05) is 33.3 Å². The molecule has 5 heteroatoms. The van der Waals surface area contributed by atoms with Crippen LogP contribution >= 0.6 is 0 Å². The van der Waals surface area contributed by atoms with E-state index in [-0.39, 0.29) is 5.92 Å². The van der Waals surface area contributed by atoms with Crippen LogP contribution in [0, 0.1) is 11.8 Å². The highest BCUT2D eigenvalue weighted by molar-refractivity contribution is 5.79. The fraction of sp³-hybridized carbons (Fsp3) is 0.720. The number of carbonyl (C=O) groups is 1. The summed E-state index contributed by atoms with van der Waals surface area (Å²) in [5.41, 5.74) is 2.96.